The number of amides is 2. The van der Waals surface area contributed by atoms with Crippen LogP contribution in [0.5, 0.6) is 0 Å². The number of carboxylic acids is 1. The fourth-order valence-corrected chi connectivity index (χ4v) is 3.83. The van der Waals surface area contributed by atoms with Crippen LogP contribution in [0.2, 0.25) is 0 Å². The zero-order valence-corrected chi connectivity index (χ0v) is 13.4. The molecule has 0 spiro atoms. The molecule has 1 fully saturated rings. The number of thiophene rings is 1. The Balaban J connectivity index is 2.14. The summed E-state index contributed by atoms with van der Waals surface area (Å²) in [7, 11) is 1.74. The zero-order valence-electron chi connectivity index (χ0n) is 12.5. The Labute approximate surface area is 129 Å². The minimum absolute atomic E-state index is 0.184. The van der Waals surface area contributed by atoms with E-state index in [4.69, 9.17) is 0 Å². The van der Waals surface area contributed by atoms with Crippen LogP contribution in [0, 0.1) is 0 Å². The lowest BCUT2D eigenvalue weighted by atomic mass is 9.91. The molecular weight excluding hydrogens is 288 g/mol. The third-order valence-corrected chi connectivity index (χ3v) is 4.94. The number of hydrogen-bond acceptors (Lipinski definition) is 3. The molecule has 0 saturated carbocycles. The number of urea groups is 1. The van der Waals surface area contributed by atoms with Crippen LogP contribution >= 0.6 is 11.3 Å². The van der Waals surface area contributed by atoms with E-state index >= 15 is 0 Å². The van der Waals surface area contributed by atoms with Gasteiger partial charge in [0.1, 0.15) is 5.54 Å². The molecule has 1 atom stereocenters. The number of carbonyl (C=O) groups is 2. The van der Waals surface area contributed by atoms with Crippen LogP contribution in [0.1, 0.15) is 37.5 Å². The van der Waals surface area contributed by atoms with Gasteiger partial charge in [0.05, 0.1) is 6.54 Å². The summed E-state index contributed by atoms with van der Waals surface area (Å²) in [5.41, 5.74) is -1.02. The van der Waals surface area contributed by atoms with Crippen molar-refractivity contribution in [3.05, 3.63) is 22.4 Å². The average Bonchev–Trinajstić information content (AvgIpc) is 3.08. The van der Waals surface area contributed by atoms with Gasteiger partial charge >= 0.3 is 12.0 Å². The molecule has 1 unspecified atom stereocenters. The van der Waals surface area contributed by atoms with Crippen LogP contribution < -0.4 is 0 Å². The zero-order chi connectivity index (χ0) is 15.5. The molecule has 6 heteroatoms. The second-order valence-corrected chi connectivity index (χ2v) is 6.59. The van der Waals surface area contributed by atoms with E-state index < -0.39 is 11.5 Å². The monoisotopic (exact) mass is 310 g/mol. The lowest BCUT2D eigenvalue weighted by Gasteiger charge is -2.37. The van der Waals surface area contributed by atoms with E-state index in [1.54, 1.807) is 28.2 Å². The van der Waals surface area contributed by atoms with Crippen LogP contribution in [0.3, 0.4) is 0 Å². The van der Waals surface area contributed by atoms with Crippen molar-refractivity contribution >= 4 is 23.3 Å². The number of likely N-dealkylation sites (tertiary alicyclic amines) is 1. The SMILES string of the molecule is CCCC1(C(=O)O)CCCN1C(=O)N(C)Cc1cccs1. The Morgan fingerprint density at radius 3 is 2.86 bits per heavy atom. The van der Waals surface area contributed by atoms with Gasteiger partial charge in [0, 0.05) is 18.5 Å². The molecule has 0 radical (unpaired) electrons. The summed E-state index contributed by atoms with van der Waals surface area (Å²) in [6, 6.07) is 3.75. The van der Waals surface area contributed by atoms with Crippen molar-refractivity contribution in [1.82, 2.24) is 9.80 Å². The molecule has 21 heavy (non-hydrogen) atoms. The number of carbonyl (C=O) groups excluding carboxylic acids is 1. The highest BCUT2D eigenvalue weighted by molar-refractivity contribution is 7.09. The first kappa shape index (κ1) is 15.8. The lowest BCUT2D eigenvalue weighted by molar-refractivity contribution is -0.148. The van der Waals surface area contributed by atoms with Crippen LogP contribution in [-0.4, -0.2) is 46.0 Å². The van der Waals surface area contributed by atoms with Gasteiger partial charge in [0.15, 0.2) is 0 Å². The largest absolute Gasteiger partial charge is 0.479 e. The van der Waals surface area contributed by atoms with E-state index in [1.807, 2.05) is 24.4 Å². The maximum atomic E-state index is 12.7. The lowest BCUT2D eigenvalue weighted by Crippen LogP contribution is -2.56. The molecule has 1 N–H and O–H groups in total. The van der Waals surface area contributed by atoms with Crippen molar-refractivity contribution in [3.8, 4) is 0 Å². The summed E-state index contributed by atoms with van der Waals surface area (Å²) in [5.74, 6) is -0.875. The first-order chi connectivity index (χ1) is 10.0. The van der Waals surface area contributed by atoms with Crippen molar-refractivity contribution < 1.29 is 14.7 Å². The molecule has 0 bridgehead atoms. The van der Waals surface area contributed by atoms with Gasteiger partial charge in [-0.1, -0.05) is 19.4 Å². The normalized spacial score (nSPS) is 21.5. The molecule has 116 valence electrons. The molecule has 1 aliphatic heterocycles. The number of carboxylic acid groups (broad SMARTS) is 1. The van der Waals surface area contributed by atoms with Crippen molar-refractivity contribution in [2.24, 2.45) is 0 Å². The minimum Gasteiger partial charge on any atom is -0.479 e. The molecule has 0 aromatic carbocycles. The molecule has 1 saturated heterocycles. The van der Waals surface area contributed by atoms with E-state index in [2.05, 4.69) is 0 Å². The van der Waals surface area contributed by atoms with Crippen LogP contribution in [0.25, 0.3) is 0 Å². The van der Waals surface area contributed by atoms with Crippen molar-refractivity contribution in [1.29, 1.82) is 0 Å². The molecule has 0 aliphatic carbocycles. The molecule has 1 aromatic rings. The Morgan fingerprint density at radius 1 is 1.52 bits per heavy atom. The van der Waals surface area contributed by atoms with Gasteiger partial charge in [-0.25, -0.2) is 9.59 Å². The fraction of sp³-hybridized carbons (Fsp3) is 0.600. The number of nitrogens with zero attached hydrogens (tertiary/aromatic N) is 2. The average molecular weight is 310 g/mol. The highest BCUT2D eigenvalue weighted by atomic mass is 32.1. The summed E-state index contributed by atoms with van der Waals surface area (Å²) in [6.45, 7) is 3.01. The van der Waals surface area contributed by atoms with E-state index in [-0.39, 0.29) is 6.03 Å². The number of rotatable bonds is 5. The molecule has 5 nitrogen and oxygen atoms in total. The summed E-state index contributed by atoms with van der Waals surface area (Å²) >= 11 is 1.60. The van der Waals surface area contributed by atoms with Crippen molar-refractivity contribution in [3.63, 3.8) is 0 Å². The molecule has 2 amide bonds. The third kappa shape index (κ3) is 3.05. The fourth-order valence-electron chi connectivity index (χ4n) is 3.07. The Morgan fingerprint density at radius 2 is 2.29 bits per heavy atom. The van der Waals surface area contributed by atoms with Gasteiger partial charge in [-0.15, -0.1) is 11.3 Å². The summed E-state index contributed by atoms with van der Waals surface area (Å²) in [4.78, 5) is 28.7. The quantitative estimate of drug-likeness (QED) is 0.909. The molecule has 1 aromatic heterocycles. The standard InChI is InChI=1S/C15H22N2O3S/c1-3-7-15(13(18)19)8-5-9-17(15)14(20)16(2)11-12-6-4-10-21-12/h4,6,10H,3,5,7-9,11H2,1-2H3,(H,18,19). The summed E-state index contributed by atoms with van der Waals surface area (Å²) < 4.78 is 0. The molecule has 2 rings (SSSR count). The Hall–Kier alpha value is -1.56. The topological polar surface area (TPSA) is 60.9 Å². The van der Waals surface area contributed by atoms with Crippen LogP contribution in [0.4, 0.5) is 4.79 Å². The van der Waals surface area contributed by atoms with E-state index in [1.165, 1.54) is 0 Å². The maximum absolute atomic E-state index is 12.7. The van der Waals surface area contributed by atoms with Crippen LogP contribution in [-0.2, 0) is 11.3 Å². The second kappa shape index (κ2) is 6.47. The van der Waals surface area contributed by atoms with Crippen molar-refractivity contribution in [2.45, 2.75) is 44.7 Å². The maximum Gasteiger partial charge on any atom is 0.329 e. The summed E-state index contributed by atoms with van der Waals surface area (Å²) in [6.07, 6.45) is 2.57. The van der Waals surface area contributed by atoms with Gasteiger partial charge in [0.25, 0.3) is 0 Å². The highest BCUT2D eigenvalue weighted by Gasteiger charge is 2.49. The molecular formula is C15H22N2O3S. The van der Waals surface area contributed by atoms with Gasteiger partial charge in [-0.2, -0.15) is 0 Å². The molecule has 2 heterocycles. The second-order valence-electron chi connectivity index (χ2n) is 5.56. The van der Waals surface area contributed by atoms with E-state index in [9.17, 15) is 14.7 Å². The third-order valence-electron chi connectivity index (χ3n) is 4.08. The predicted molar refractivity (Wildman–Crippen MR) is 82.4 cm³/mol. The summed E-state index contributed by atoms with van der Waals surface area (Å²) in [5, 5.41) is 11.6. The first-order valence-corrected chi connectivity index (χ1v) is 8.17. The predicted octanol–water partition coefficient (Wildman–Crippen LogP) is 3.02. The smallest absolute Gasteiger partial charge is 0.329 e. The van der Waals surface area contributed by atoms with Gasteiger partial charge in [-0.05, 0) is 30.7 Å². The molecule has 1 aliphatic rings. The highest BCUT2D eigenvalue weighted by Crippen LogP contribution is 2.35. The van der Waals surface area contributed by atoms with E-state index in [0.717, 1.165) is 17.7 Å². The van der Waals surface area contributed by atoms with Gasteiger partial charge < -0.3 is 14.9 Å². The van der Waals surface area contributed by atoms with Gasteiger partial charge in [0.2, 0.25) is 0 Å². The van der Waals surface area contributed by atoms with E-state index in [0.29, 0.717) is 25.9 Å². The first-order valence-electron chi connectivity index (χ1n) is 7.30. The van der Waals surface area contributed by atoms with Gasteiger partial charge in [-0.3, -0.25) is 0 Å². The number of aliphatic carboxylic acids is 1. The van der Waals surface area contributed by atoms with Crippen molar-refractivity contribution in [2.75, 3.05) is 13.6 Å². The Bertz CT molecular complexity index is 503. The minimum atomic E-state index is -1.02. The Kier molecular flexibility index (Phi) is 4.88. The number of hydrogen-bond donors (Lipinski definition) is 1. The van der Waals surface area contributed by atoms with Crippen LogP contribution in [0.15, 0.2) is 17.5 Å².